The smallest absolute Gasteiger partial charge is 0.124 e. The van der Waals surface area contributed by atoms with Crippen molar-refractivity contribution in [1.82, 2.24) is 4.57 Å². The zero-order valence-electron chi connectivity index (χ0n) is 7.70. The molecule has 2 N–H and O–H groups in total. The molecule has 0 bridgehead atoms. The maximum absolute atomic E-state index is 9.47. The molecule has 2 rings (SSSR count). The van der Waals surface area contributed by atoms with Crippen molar-refractivity contribution >= 4 is 0 Å². The van der Waals surface area contributed by atoms with Crippen LogP contribution in [0.3, 0.4) is 0 Å². The Morgan fingerprint density at radius 1 is 1.46 bits per heavy atom. The molecule has 0 unspecified atom stereocenters. The molecule has 0 amide bonds. The highest BCUT2D eigenvalue weighted by Crippen LogP contribution is 2.30. The van der Waals surface area contributed by atoms with Gasteiger partial charge >= 0.3 is 0 Å². The zero-order chi connectivity index (χ0) is 9.42. The summed E-state index contributed by atoms with van der Waals surface area (Å²) in [7, 11) is 0. The van der Waals surface area contributed by atoms with Crippen molar-refractivity contribution in [2.75, 3.05) is 0 Å². The third-order valence-electron chi connectivity index (χ3n) is 2.68. The molecule has 1 fully saturated rings. The molecule has 2 atom stereocenters. The van der Waals surface area contributed by atoms with Crippen molar-refractivity contribution in [3.63, 3.8) is 0 Å². The van der Waals surface area contributed by atoms with Crippen LogP contribution in [0.4, 0.5) is 0 Å². The van der Waals surface area contributed by atoms with E-state index in [4.69, 9.17) is 5.41 Å². The second-order valence-electron chi connectivity index (χ2n) is 3.71. The lowest BCUT2D eigenvalue weighted by molar-refractivity contribution is 0.0291. The minimum Gasteiger partial charge on any atom is -0.391 e. The van der Waals surface area contributed by atoms with Gasteiger partial charge in [-0.25, -0.2) is 0 Å². The van der Waals surface area contributed by atoms with Gasteiger partial charge in [0.25, 0.3) is 0 Å². The standard InChI is InChI=1S/C10H14N2O/c1-7-2-5-10(11)12(6-7)8-3-4-9(8)13/h2,5-6,8-9,11,13H,3-4H2,1H3/t8-,9-/m1/s1. The van der Waals surface area contributed by atoms with E-state index >= 15 is 0 Å². The largest absolute Gasteiger partial charge is 0.391 e. The van der Waals surface area contributed by atoms with Crippen LogP contribution in [0.5, 0.6) is 0 Å². The predicted molar refractivity (Wildman–Crippen MR) is 49.3 cm³/mol. The number of aryl methyl sites for hydroxylation is 1. The molecule has 0 aromatic carbocycles. The van der Waals surface area contributed by atoms with Crippen LogP contribution < -0.4 is 5.49 Å². The van der Waals surface area contributed by atoms with Gasteiger partial charge in [-0.05, 0) is 31.4 Å². The molecule has 1 aromatic rings. The summed E-state index contributed by atoms with van der Waals surface area (Å²) in [5, 5.41) is 17.1. The van der Waals surface area contributed by atoms with Crippen molar-refractivity contribution in [2.24, 2.45) is 0 Å². The highest BCUT2D eigenvalue weighted by Gasteiger charge is 2.30. The SMILES string of the molecule is Cc1ccc(=N)n([C@@H]2CC[C@H]2O)c1. The molecule has 0 saturated heterocycles. The average molecular weight is 178 g/mol. The van der Waals surface area contributed by atoms with E-state index in [9.17, 15) is 5.11 Å². The Labute approximate surface area is 77.2 Å². The van der Waals surface area contributed by atoms with E-state index in [2.05, 4.69) is 0 Å². The lowest BCUT2D eigenvalue weighted by atomic mass is 9.89. The lowest BCUT2D eigenvalue weighted by Gasteiger charge is -2.34. The fourth-order valence-electron chi connectivity index (χ4n) is 1.69. The molecule has 70 valence electrons. The minimum atomic E-state index is -0.254. The molecule has 1 aliphatic carbocycles. The topological polar surface area (TPSA) is 49.0 Å². The van der Waals surface area contributed by atoms with Gasteiger partial charge in [-0.2, -0.15) is 0 Å². The highest BCUT2D eigenvalue weighted by atomic mass is 16.3. The normalized spacial score (nSPS) is 26.9. The fraction of sp³-hybridized carbons (Fsp3) is 0.500. The van der Waals surface area contributed by atoms with Gasteiger partial charge in [0.15, 0.2) is 0 Å². The number of rotatable bonds is 1. The molecule has 1 saturated carbocycles. The van der Waals surface area contributed by atoms with Gasteiger partial charge in [0.2, 0.25) is 0 Å². The van der Waals surface area contributed by atoms with Crippen molar-refractivity contribution in [3.05, 3.63) is 29.4 Å². The third kappa shape index (κ3) is 1.40. The van der Waals surface area contributed by atoms with Gasteiger partial charge in [-0.3, -0.25) is 5.41 Å². The molecule has 0 aliphatic heterocycles. The second kappa shape index (κ2) is 3.00. The van der Waals surface area contributed by atoms with Gasteiger partial charge in [-0.1, -0.05) is 6.07 Å². The minimum absolute atomic E-state index is 0.132. The van der Waals surface area contributed by atoms with E-state index in [1.165, 1.54) is 0 Å². The Bertz CT molecular complexity index is 369. The summed E-state index contributed by atoms with van der Waals surface area (Å²) in [6.45, 7) is 2.00. The highest BCUT2D eigenvalue weighted by molar-refractivity contribution is 5.08. The van der Waals surface area contributed by atoms with Crippen molar-refractivity contribution in [3.8, 4) is 0 Å². The van der Waals surface area contributed by atoms with Crippen LogP contribution >= 0.6 is 0 Å². The average Bonchev–Trinajstić information content (AvgIpc) is 2.09. The first-order valence-corrected chi connectivity index (χ1v) is 4.60. The Kier molecular flexibility index (Phi) is 1.96. The Hall–Kier alpha value is -1.09. The quantitative estimate of drug-likeness (QED) is 0.661. The molecule has 3 heteroatoms. The van der Waals surface area contributed by atoms with E-state index in [-0.39, 0.29) is 12.1 Å². The van der Waals surface area contributed by atoms with Gasteiger partial charge in [0.1, 0.15) is 5.49 Å². The summed E-state index contributed by atoms with van der Waals surface area (Å²) in [5.74, 6) is 0. The van der Waals surface area contributed by atoms with Gasteiger partial charge in [0, 0.05) is 6.20 Å². The molecule has 0 spiro atoms. The third-order valence-corrected chi connectivity index (χ3v) is 2.68. The van der Waals surface area contributed by atoms with Gasteiger partial charge in [-0.15, -0.1) is 0 Å². The van der Waals surface area contributed by atoms with Crippen LogP contribution in [-0.4, -0.2) is 15.8 Å². The predicted octanol–water partition coefficient (Wildman–Crippen LogP) is 0.972. The molecular formula is C10H14N2O. The van der Waals surface area contributed by atoms with Crippen LogP contribution in [0.25, 0.3) is 0 Å². The zero-order valence-corrected chi connectivity index (χ0v) is 7.70. The number of hydrogen-bond acceptors (Lipinski definition) is 2. The van der Waals surface area contributed by atoms with E-state index in [1.807, 2.05) is 23.8 Å². The van der Waals surface area contributed by atoms with E-state index in [0.717, 1.165) is 18.4 Å². The molecular weight excluding hydrogens is 164 g/mol. The molecule has 1 heterocycles. The second-order valence-corrected chi connectivity index (χ2v) is 3.71. The maximum atomic E-state index is 9.47. The lowest BCUT2D eigenvalue weighted by Crippen LogP contribution is -2.39. The Balaban J connectivity index is 2.39. The first-order valence-electron chi connectivity index (χ1n) is 4.60. The number of aliphatic hydroxyl groups excluding tert-OH is 1. The Morgan fingerprint density at radius 3 is 2.77 bits per heavy atom. The van der Waals surface area contributed by atoms with Gasteiger partial charge < -0.3 is 9.67 Å². The summed E-state index contributed by atoms with van der Waals surface area (Å²) in [6, 6.07) is 3.83. The summed E-state index contributed by atoms with van der Waals surface area (Å²) < 4.78 is 1.86. The number of hydrogen-bond donors (Lipinski definition) is 2. The number of aromatic nitrogens is 1. The van der Waals surface area contributed by atoms with Crippen LogP contribution in [0.1, 0.15) is 24.4 Å². The number of aliphatic hydroxyl groups is 1. The number of pyridine rings is 1. The van der Waals surface area contributed by atoms with Crippen LogP contribution in [0, 0.1) is 12.3 Å². The molecule has 3 nitrogen and oxygen atoms in total. The van der Waals surface area contributed by atoms with Crippen molar-refractivity contribution in [2.45, 2.75) is 31.9 Å². The summed E-state index contributed by atoms with van der Waals surface area (Å²) >= 11 is 0. The molecule has 13 heavy (non-hydrogen) atoms. The number of nitrogens with zero attached hydrogens (tertiary/aromatic N) is 1. The van der Waals surface area contributed by atoms with Crippen LogP contribution in [0.15, 0.2) is 18.3 Å². The summed E-state index contributed by atoms with van der Waals surface area (Å²) in [6.07, 6.45) is 3.54. The van der Waals surface area contributed by atoms with Crippen LogP contribution in [-0.2, 0) is 0 Å². The van der Waals surface area contributed by atoms with E-state index in [1.54, 1.807) is 6.07 Å². The first kappa shape index (κ1) is 8.51. The first-order chi connectivity index (χ1) is 6.18. The molecule has 1 aliphatic rings. The summed E-state index contributed by atoms with van der Waals surface area (Å²) in [4.78, 5) is 0. The maximum Gasteiger partial charge on any atom is 0.124 e. The van der Waals surface area contributed by atoms with Crippen LogP contribution in [0.2, 0.25) is 0 Å². The Morgan fingerprint density at radius 2 is 2.23 bits per heavy atom. The van der Waals surface area contributed by atoms with E-state index in [0.29, 0.717) is 5.49 Å². The molecule has 1 aromatic heterocycles. The fourth-order valence-corrected chi connectivity index (χ4v) is 1.69. The van der Waals surface area contributed by atoms with Crippen molar-refractivity contribution < 1.29 is 5.11 Å². The monoisotopic (exact) mass is 178 g/mol. The van der Waals surface area contributed by atoms with Gasteiger partial charge in [0.05, 0.1) is 12.1 Å². The summed E-state index contributed by atoms with van der Waals surface area (Å²) in [5.41, 5.74) is 1.62. The number of nitrogens with one attached hydrogen (secondary N) is 1. The molecule has 0 radical (unpaired) electrons. The van der Waals surface area contributed by atoms with E-state index < -0.39 is 0 Å². The van der Waals surface area contributed by atoms with Crippen molar-refractivity contribution in [1.29, 1.82) is 5.41 Å².